The van der Waals surface area contributed by atoms with Crippen molar-refractivity contribution >= 4 is 10.0 Å². The van der Waals surface area contributed by atoms with Crippen LogP contribution in [-0.2, 0) is 10.0 Å². The first-order valence-electron chi connectivity index (χ1n) is 7.47. The molecule has 2 atom stereocenters. The van der Waals surface area contributed by atoms with E-state index in [-0.39, 0.29) is 17.0 Å². The average molecular weight is 332 g/mol. The summed E-state index contributed by atoms with van der Waals surface area (Å²) in [7, 11) is -3.65. The Balaban J connectivity index is 1.76. The second-order valence-corrected chi connectivity index (χ2v) is 7.47. The van der Waals surface area contributed by atoms with E-state index in [0.29, 0.717) is 6.61 Å². The molecular formula is C17H20N2O3S. The van der Waals surface area contributed by atoms with E-state index in [9.17, 15) is 8.42 Å². The van der Waals surface area contributed by atoms with Crippen LogP contribution in [0.1, 0.15) is 35.7 Å². The highest BCUT2D eigenvalue weighted by molar-refractivity contribution is 7.89. The molecule has 0 saturated heterocycles. The van der Waals surface area contributed by atoms with Crippen LogP contribution < -0.4 is 15.2 Å². The molecule has 3 N–H and O–H groups in total. The highest BCUT2D eigenvalue weighted by Gasteiger charge is 2.25. The summed E-state index contributed by atoms with van der Waals surface area (Å²) < 4.78 is 28.3. The lowest BCUT2D eigenvalue weighted by molar-refractivity contribution is 0.301. The third kappa shape index (κ3) is 3.39. The Morgan fingerprint density at radius 2 is 1.91 bits per heavy atom. The standard InChI is InChI=1S/C17H20N2O3S/c1-11-3-8-17-15(9-11)16(10-22-17)19-12(2)13-4-6-14(7-5-13)23(18,20)21/h3-9,12,16,19H,10H2,1-2H3,(H2,18,20,21)/t12-,16-/m0/s1. The number of hydrogen-bond acceptors (Lipinski definition) is 4. The van der Waals surface area contributed by atoms with Crippen LogP contribution in [-0.4, -0.2) is 15.0 Å². The lowest BCUT2D eigenvalue weighted by Crippen LogP contribution is -2.25. The minimum Gasteiger partial charge on any atom is -0.491 e. The first kappa shape index (κ1) is 16.0. The van der Waals surface area contributed by atoms with E-state index in [0.717, 1.165) is 16.9 Å². The molecule has 5 nitrogen and oxygen atoms in total. The predicted octanol–water partition coefficient (Wildman–Crippen LogP) is 2.43. The van der Waals surface area contributed by atoms with Crippen LogP contribution in [0, 0.1) is 6.92 Å². The summed E-state index contributed by atoms with van der Waals surface area (Å²) >= 11 is 0. The Hall–Kier alpha value is -1.89. The first-order chi connectivity index (χ1) is 10.8. The molecule has 2 aromatic carbocycles. The third-order valence-electron chi connectivity index (χ3n) is 4.11. The molecule has 2 aromatic rings. The van der Waals surface area contributed by atoms with E-state index in [4.69, 9.17) is 9.88 Å². The van der Waals surface area contributed by atoms with Crippen LogP contribution in [0.15, 0.2) is 47.4 Å². The molecule has 122 valence electrons. The fourth-order valence-electron chi connectivity index (χ4n) is 2.82. The van der Waals surface area contributed by atoms with Gasteiger partial charge in [0.05, 0.1) is 10.9 Å². The number of rotatable bonds is 4. The molecule has 0 radical (unpaired) electrons. The molecule has 0 fully saturated rings. The lowest BCUT2D eigenvalue weighted by Gasteiger charge is -2.19. The van der Waals surface area contributed by atoms with Crippen molar-refractivity contribution in [1.82, 2.24) is 5.32 Å². The van der Waals surface area contributed by atoms with Gasteiger partial charge in [-0.25, -0.2) is 13.6 Å². The van der Waals surface area contributed by atoms with Gasteiger partial charge in [0.25, 0.3) is 0 Å². The van der Waals surface area contributed by atoms with Crippen LogP contribution in [0.4, 0.5) is 0 Å². The molecule has 0 aliphatic carbocycles. The Kier molecular flexibility index (Phi) is 4.14. The van der Waals surface area contributed by atoms with Gasteiger partial charge in [0.2, 0.25) is 10.0 Å². The Morgan fingerprint density at radius 3 is 2.57 bits per heavy atom. The highest BCUT2D eigenvalue weighted by atomic mass is 32.2. The van der Waals surface area contributed by atoms with Crippen LogP contribution >= 0.6 is 0 Å². The monoisotopic (exact) mass is 332 g/mol. The molecule has 0 bridgehead atoms. The zero-order valence-electron chi connectivity index (χ0n) is 13.1. The number of ether oxygens (including phenoxy) is 1. The number of sulfonamides is 1. The molecule has 0 amide bonds. The van der Waals surface area contributed by atoms with Crippen molar-refractivity contribution in [2.75, 3.05) is 6.61 Å². The molecule has 1 heterocycles. The van der Waals surface area contributed by atoms with E-state index in [1.807, 2.05) is 19.1 Å². The Bertz CT molecular complexity index is 816. The van der Waals surface area contributed by atoms with E-state index < -0.39 is 10.0 Å². The van der Waals surface area contributed by atoms with Gasteiger partial charge in [-0.1, -0.05) is 29.8 Å². The number of aryl methyl sites for hydroxylation is 1. The molecule has 3 rings (SSSR count). The van der Waals surface area contributed by atoms with Crippen LogP contribution in [0.5, 0.6) is 5.75 Å². The maximum Gasteiger partial charge on any atom is 0.238 e. The number of primary sulfonamides is 1. The van der Waals surface area contributed by atoms with E-state index >= 15 is 0 Å². The number of nitrogens with one attached hydrogen (secondary N) is 1. The van der Waals surface area contributed by atoms with Gasteiger partial charge in [-0.15, -0.1) is 0 Å². The molecule has 0 spiro atoms. The van der Waals surface area contributed by atoms with Crippen molar-refractivity contribution < 1.29 is 13.2 Å². The number of benzene rings is 2. The predicted molar refractivity (Wildman–Crippen MR) is 88.8 cm³/mol. The molecule has 1 aliphatic heterocycles. The van der Waals surface area contributed by atoms with Crippen molar-refractivity contribution in [1.29, 1.82) is 0 Å². The summed E-state index contributed by atoms with van der Waals surface area (Å²) in [4.78, 5) is 0.124. The van der Waals surface area contributed by atoms with Gasteiger partial charge in [-0.05, 0) is 37.6 Å². The van der Waals surface area contributed by atoms with Crippen molar-refractivity contribution in [3.05, 3.63) is 59.2 Å². The number of fused-ring (bicyclic) bond motifs is 1. The fraction of sp³-hybridized carbons (Fsp3) is 0.294. The summed E-state index contributed by atoms with van der Waals surface area (Å²) in [6.07, 6.45) is 0. The average Bonchev–Trinajstić information content (AvgIpc) is 2.89. The van der Waals surface area contributed by atoms with Gasteiger partial charge in [-0.3, -0.25) is 0 Å². The topological polar surface area (TPSA) is 81.4 Å². The molecule has 23 heavy (non-hydrogen) atoms. The zero-order chi connectivity index (χ0) is 16.6. The second kappa shape index (κ2) is 5.96. The summed E-state index contributed by atoms with van der Waals surface area (Å²) in [5.41, 5.74) is 3.36. The first-order valence-corrected chi connectivity index (χ1v) is 9.01. The number of nitrogens with two attached hydrogens (primary N) is 1. The Labute approximate surface area is 136 Å². The zero-order valence-corrected chi connectivity index (χ0v) is 13.9. The molecular weight excluding hydrogens is 312 g/mol. The molecule has 0 aromatic heterocycles. The summed E-state index contributed by atoms with van der Waals surface area (Å²) in [6, 6.07) is 13.0. The fourth-order valence-corrected chi connectivity index (χ4v) is 3.33. The van der Waals surface area contributed by atoms with Crippen LogP contribution in [0.3, 0.4) is 0 Å². The number of hydrogen-bond donors (Lipinski definition) is 2. The second-order valence-electron chi connectivity index (χ2n) is 5.91. The van der Waals surface area contributed by atoms with E-state index in [2.05, 4.69) is 18.3 Å². The van der Waals surface area contributed by atoms with Crippen molar-refractivity contribution in [3.63, 3.8) is 0 Å². The van der Waals surface area contributed by atoms with Gasteiger partial charge in [0, 0.05) is 11.6 Å². The molecule has 0 saturated carbocycles. The lowest BCUT2D eigenvalue weighted by atomic mass is 10.0. The van der Waals surface area contributed by atoms with E-state index in [1.165, 1.54) is 17.7 Å². The van der Waals surface area contributed by atoms with Gasteiger partial charge in [0.1, 0.15) is 12.4 Å². The van der Waals surface area contributed by atoms with Crippen molar-refractivity contribution in [2.24, 2.45) is 5.14 Å². The Morgan fingerprint density at radius 1 is 1.22 bits per heavy atom. The van der Waals surface area contributed by atoms with Gasteiger partial charge in [-0.2, -0.15) is 0 Å². The van der Waals surface area contributed by atoms with Gasteiger partial charge in [0.15, 0.2) is 0 Å². The largest absolute Gasteiger partial charge is 0.491 e. The molecule has 0 unspecified atom stereocenters. The van der Waals surface area contributed by atoms with Crippen molar-refractivity contribution in [3.8, 4) is 5.75 Å². The molecule has 1 aliphatic rings. The highest BCUT2D eigenvalue weighted by Crippen LogP contribution is 2.34. The minimum absolute atomic E-state index is 0.0598. The van der Waals surface area contributed by atoms with E-state index in [1.54, 1.807) is 12.1 Å². The summed E-state index contributed by atoms with van der Waals surface area (Å²) in [5, 5.41) is 8.65. The van der Waals surface area contributed by atoms with Crippen LogP contribution in [0.2, 0.25) is 0 Å². The summed E-state index contributed by atoms with van der Waals surface area (Å²) in [6.45, 7) is 4.70. The van der Waals surface area contributed by atoms with Gasteiger partial charge >= 0.3 is 0 Å². The smallest absolute Gasteiger partial charge is 0.238 e. The normalized spacial score (nSPS) is 18.3. The van der Waals surface area contributed by atoms with Crippen molar-refractivity contribution in [2.45, 2.75) is 30.8 Å². The van der Waals surface area contributed by atoms with Crippen LogP contribution in [0.25, 0.3) is 0 Å². The SMILES string of the molecule is Cc1ccc2c(c1)[C@@H](N[C@@H](C)c1ccc(S(N)(=O)=O)cc1)CO2. The minimum atomic E-state index is -3.65. The quantitative estimate of drug-likeness (QED) is 0.901. The maximum absolute atomic E-state index is 11.3. The van der Waals surface area contributed by atoms with Gasteiger partial charge < -0.3 is 10.1 Å². The third-order valence-corrected chi connectivity index (χ3v) is 5.04. The molecule has 6 heteroatoms. The summed E-state index contributed by atoms with van der Waals surface area (Å²) in [5.74, 6) is 0.921. The maximum atomic E-state index is 11.3.